The van der Waals surface area contributed by atoms with Gasteiger partial charge in [0.1, 0.15) is 0 Å². The molecule has 0 aliphatic heterocycles. The average molecular weight is 166 g/mol. The first kappa shape index (κ1) is 9.04. The van der Waals surface area contributed by atoms with Crippen LogP contribution >= 0.6 is 0 Å². The molecule has 0 fully saturated rings. The van der Waals surface area contributed by atoms with E-state index in [4.69, 9.17) is 0 Å². The summed E-state index contributed by atoms with van der Waals surface area (Å²) in [5.74, 6) is -0.222. The lowest BCUT2D eigenvalue weighted by atomic mass is 9.98. The summed E-state index contributed by atoms with van der Waals surface area (Å²) in [4.78, 5) is 11.1. The van der Waals surface area contributed by atoms with E-state index in [9.17, 15) is 4.79 Å². The molecule has 0 radical (unpaired) electrons. The Morgan fingerprint density at radius 1 is 1.67 bits per heavy atom. The highest BCUT2D eigenvalue weighted by molar-refractivity contribution is 5.91. The van der Waals surface area contributed by atoms with Crippen molar-refractivity contribution in [2.24, 2.45) is 0 Å². The Labute approximate surface area is 72.9 Å². The molecule has 1 aliphatic rings. The zero-order chi connectivity index (χ0) is 8.97. The van der Waals surface area contributed by atoms with E-state index in [0.29, 0.717) is 5.57 Å². The van der Waals surface area contributed by atoms with Crippen molar-refractivity contribution < 1.29 is 9.53 Å². The second-order valence-corrected chi connectivity index (χ2v) is 2.85. The summed E-state index contributed by atoms with van der Waals surface area (Å²) in [7, 11) is 1.41. The number of hydrogen-bond acceptors (Lipinski definition) is 2. The lowest BCUT2D eigenvalue weighted by Crippen LogP contribution is -2.05. The Hall–Kier alpha value is -1.05. The summed E-state index contributed by atoms with van der Waals surface area (Å²) in [6.45, 7) is 2.10. The molecule has 1 aliphatic carbocycles. The fourth-order valence-electron chi connectivity index (χ4n) is 1.30. The van der Waals surface area contributed by atoms with Crippen LogP contribution in [0.15, 0.2) is 23.3 Å². The summed E-state index contributed by atoms with van der Waals surface area (Å²) in [5.41, 5.74) is 2.04. The molecule has 0 saturated heterocycles. The van der Waals surface area contributed by atoms with E-state index in [1.807, 2.05) is 12.2 Å². The van der Waals surface area contributed by atoms with Crippen LogP contribution in [0.1, 0.15) is 26.2 Å². The Balaban J connectivity index is 2.72. The Morgan fingerprint density at radius 3 is 3.00 bits per heavy atom. The third-order valence-electron chi connectivity index (χ3n) is 2.06. The van der Waals surface area contributed by atoms with Gasteiger partial charge in [0, 0.05) is 0 Å². The number of carbonyl (C=O) groups is 1. The van der Waals surface area contributed by atoms with Crippen molar-refractivity contribution in [3.05, 3.63) is 23.3 Å². The van der Waals surface area contributed by atoms with E-state index >= 15 is 0 Å². The predicted molar refractivity (Wildman–Crippen MR) is 47.7 cm³/mol. The highest BCUT2D eigenvalue weighted by Crippen LogP contribution is 2.20. The third-order valence-corrected chi connectivity index (χ3v) is 2.06. The molecule has 0 aromatic carbocycles. The summed E-state index contributed by atoms with van der Waals surface area (Å²) < 4.78 is 4.63. The summed E-state index contributed by atoms with van der Waals surface area (Å²) in [6, 6.07) is 0. The monoisotopic (exact) mass is 166 g/mol. The molecule has 12 heavy (non-hydrogen) atoms. The Morgan fingerprint density at radius 2 is 2.42 bits per heavy atom. The van der Waals surface area contributed by atoms with Crippen LogP contribution in [0.5, 0.6) is 0 Å². The van der Waals surface area contributed by atoms with E-state index in [1.54, 1.807) is 0 Å². The molecule has 0 bridgehead atoms. The number of methoxy groups -OCH3 is 1. The zero-order valence-electron chi connectivity index (χ0n) is 7.59. The van der Waals surface area contributed by atoms with Crippen LogP contribution in [-0.2, 0) is 9.53 Å². The van der Waals surface area contributed by atoms with Crippen molar-refractivity contribution in [3.63, 3.8) is 0 Å². The molecule has 0 spiro atoms. The molecule has 0 aromatic heterocycles. The van der Waals surface area contributed by atoms with Gasteiger partial charge in [-0.3, -0.25) is 0 Å². The van der Waals surface area contributed by atoms with Gasteiger partial charge in [-0.25, -0.2) is 4.79 Å². The van der Waals surface area contributed by atoms with Crippen LogP contribution in [0.4, 0.5) is 0 Å². The molecular formula is C10H14O2. The van der Waals surface area contributed by atoms with Crippen molar-refractivity contribution in [1.82, 2.24) is 0 Å². The smallest absolute Gasteiger partial charge is 0.337 e. The third kappa shape index (κ3) is 1.97. The van der Waals surface area contributed by atoms with Gasteiger partial charge in [-0.05, 0) is 25.3 Å². The maximum absolute atomic E-state index is 11.1. The maximum Gasteiger partial charge on any atom is 0.337 e. The van der Waals surface area contributed by atoms with Crippen LogP contribution in [0, 0.1) is 0 Å². The van der Waals surface area contributed by atoms with E-state index < -0.39 is 0 Å². The number of ether oxygens (including phenoxy) is 1. The summed E-state index contributed by atoms with van der Waals surface area (Å²) in [6.07, 6.45) is 6.94. The second kappa shape index (κ2) is 4.10. The van der Waals surface area contributed by atoms with Crippen molar-refractivity contribution in [1.29, 1.82) is 0 Å². The van der Waals surface area contributed by atoms with Crippen LogP contribution in [-0.4, -0.2) is 13.1 Å². The van der Waals surface area contributed by atoms with Crippen molar-refractivity contribution in [2.45, 2.75) is 26.2 Å². The van der Waals surface area contributed by atoms with Gasteiger partial charge in [0.25, 0.3) is 0 Å². The molecule has 2 nitrogen and oxygen atoms in total. The second-order valence-electron chi connectivity index (χ2n) is 2.85. The molecule has 0 amide bonds. The largest absolute Gasteiger partial charge is 0.465 e. The topological polar surface area (TPSA) is 26.3 Å². The van der Waals surface area contributed by atoms with E-state index in [1.165, 1.54) is 12.7 Å². The lowest BCUT2D eigenvalue weighted by molar-refractivity contribution is -0.135. The van der Waals surface area contributed by atoms with E-state index in [-0.39, 0.29) is 5.97 Å². The summed E-state index contributed by atoms with van der Waals surface area (Å²) >= 11 is 0. The minimum Gasteiger partial charge on any atom is -0.465 e. The highest BCUT2D eigenvalue weighted by atomic mass is 16.5. The standard InChI is InChI=1S/C10H14O2/c1-3-8-5-4-6-9(7-8)10(11)12-2/h6-7H,3-5H2,1-2H3. The van der Waals surface area contributed by atoms with Gasteiger partial charge in [0.2, 0.25) is 0 Å². The van der Waals surface area contributed by atoms with Gasteiger partial charge in [0.05, 0.1) is 12.7 Å². The normalized spacial score (nSPS) is 16.5. The highest BCUT2D eigenvalue weighted by Gasteiger charge is 2.10. The molecule has 0 unspecified atom stereocenters. The van der Waals surface area contributed by atoms with Gasteiger partial charge < -0.3 is 4.74 Å². The Kier molecular flexibility index (Phi) is 3.09. The summed E-state index contributed by atoms with van der Waals surface area (Å²) in [5, 5.41) is 0. The fraction of sp³-hybridized carbons (Fsp3) is 0.500. The van der Waals surface area contributed by atoms with Gasteiger partial charge >= 0.3 is 5.97 Å². The first-order valence-corrected chi connectivity index (χ1v) is 4.25. The molecular weight excluding hydrogens is 152 g/mol. The number of carbonyl (C=O) groups excluding carboxylic acids is 1. The minimum atomic E-state index is -0.222. The van der Waals surface area contributed by atoms with E-state index in [0.717, 1.165) is 19.3 Å². The van der Waals surface area contributed by atoms with Crippen molar-refractivity contribution in [3.8, 4) is 0 Å². The zero-order valence-corrected chi connectivity index (χ0v) is 7.59. The molecule has 0 saturated carbocycles. The van der Waals surface area contributed by atoms with Crippen LogP contribution in [0.3, 0.4) is 0 Å². The number of rotatable bonds is 2. The molecule has 1 rings (SSSR count). The van der Waals surface area contributed by atoms with Gasteiger partial charge in [-0.1, -0.05) is 18.6 Å². The lowest BCUT2D eigenvalue weighted by Gasteiger charge is -2.10. The first-order chi connectivity index (χ1) is 5.77. The molecule has 0 heterocycles. The van der Waals surface area contributed by atoms with Crippen LogP contribution in [0.25, 0.3) is 0 Å². The van der Waals surface area contributed by atoms with Crippen molar-refractivity contribution >= 4 is 5.97 Å². The molecule has 0 aromatic rings. The molecule has 66 valence electrons. The number of allylic oxidation sites excluding steroid dienone is 2. The van der Waals surface area contributed by atoms with Gasteiger partial charge in [-0.2, -0.15) is 0 Å². The van der Waals surface area contributed by atoms with Crippen LogP contribution in [0.2, 0.25) is 0 Å². The molecule has 0 N–H and O–H groups in total. The minimum absolute atomic E-state index is 0.222. The molecule has 2 heteroatoms. The first-order valence-electron chi connectivity index (χ1n) is 4.25. The quantitative estimate of drug-likeness (QED) is 0.588. The Bertz CT molecular complexity index is 236. The van der Waals surface area contributed by atoms with Gasteiger partial charge in [0.15, 0.2) is 0 Å². The van der Waals surface area contributed by atoms with Gasteiger partial charge in [-0.15, -0.1) is 0 Å². The fourth-order valence-corrected chi connectivity index (χ4v) is 1.30. The van der Waals surface area contributed by atoms with E-state index in [2.05, 4.69) is 11.7 Å². The average Bonchev–Trinajstić information content (AvgIpc) is 2.17. The van der Waals surface area contributed by atoms with Crippen molar-refractivity contribution in [2.75, 3.05) is 7.11 Å². The van der Waals surface area contributed by atoms with Crippen LogP contribution < -0.4 is 0 Å². The number of hydrogen-bond donors (Lipinski definition) is 0. The number of esters is 1. The predicted octanol–water partition coefficient (Wildman–Crippen LogP) is 2.22. The maximum atomic E-state index is 11.1. The SMILES string of the molecule is CCC1=CC(C(=O)OC)=CCC1. The molecule has 0 atom stereocenters.